The van der Waals surface area contributed by atoms with Gasteiger partial charge in [0.25, 0.3) is 0 Å². The zero-order valence-electron chi connectivity index (χ0n) is 10.6. The van der Waals surface area contributed by atoms with Crippen LogP contribution in [0, 0.1) is 0 Å². The van der Waals surface area contributed by atoms with Crippen LogP contribution in [0.25, 0.3) is 0 Å². The Hall–Kier alpha value is -0.0800. The zero-order chi connectivity index (χ0) is 11.1. The van der Waals surface area contributed by atoms with E-state index < -0.39 is 0 Å². The number of hydrogen-bond donors (Lipinski definition) is 1. The van der Waals surface area contributed by atoms with Gasteiger partial charge in [0.15, 0.2) is 0 Å². The summed E-state index contributed by atoms with van der Waals surface area (Å²) in [6, 6.07) is 1.30. The Morgan fingerprint density at radius 3 is 2.60 bits per heavy atom. The Morgan fingerprint density at radius 1 is 1.27 bits per heavy atom. The molecule has 0 aromatic carbocycles. The first-order valence-corrected chi connectivity index (χ1v) is 6.60. The largest absolute Gasteiger partial charge is 0.378 e. The molecule has 1 saturated heterocycles. The molecule has 90 valence electrons. The lowest BCUT2D eigenvalue weighted by Crippen LogP contribution is -2.34. The third kappa shape index (κ3) is 5.53. The third-order valence-corrected chi connectivity index (χ3v) is 3.24. The van der Waals surface area contributed by atoms with Crippen molar-refractivity contribution in [1.29, 1.82) is 0 Å². The molecular weight excluding hydrogens is 186 g/mol. The third-order valence-electron chi connectivity index (χ3n) is 3.24. The molecule has 1 aliphatic rings. The lowest BCUT2D eigenvalue weighted by molar-refractivity contribution is 0.0997. The Bertz CT molecular complexity index is 155. The molecule has 0 saturated carbocycles. The summed E-state index contributed by atoms with van der Waals surface area (Å²) in [5.74, 6) is 0. The monoisotopic (exact) mass is 213 g/mol. The summed E-state index contributed by atoms with van der Waals surface area (Å²) in [6.45, 7) is 7.81. The Morgan fingerprint density at radius 2 is 2.00 bits per heavy atom. The van der Waals surface area contributed by atoms with Crippen molar-refractivity contribution in [1.82, 2.24) is 5.32 Å². The van der Waals surface area contributed by atoms with Crippen LogP contribution in [0.1, 0.15) is 59.3 Å². The second kappa shape index (κ2) is 7.24. The summed E-state index contributed by atoms with van der Waals surface area (Å²) in [5.41, 5.74) is 0. The van der Waals surface area contributed by atoms with Crippen molar-refractivity contribution in [3.8, 4) is 0 Å². The highest BCUT2D eigenvalue weighted by Gasteiger charge is 2.16. The summed E-state index contributed by atoms with van der Waals surface area (Å²) < 4.78 is 5.63. The second-order valence-electron chi connectivity index (χ2n) is 4.97. The van der Waals surface area contributed by atoms with E-state index in [4.69, 9.17) is 4.74 Å². The van der Waals surface area contributed by atoms with Crippen molar-refractivity contribution in [2.45, 2.75) is 77.5 Å². The van der Waals surface area contributed by atoms with Gasteiger partial charge in [0.05, 0.1) is 6.10 Å². The topological polar surface area (TPSA) is 21.3 Å². The van der Waals surface area contributed by atoms with E-state index in [9.17, 15) is 0 Å². The van der Waals surface area contributed by atoms with Crippen LogP contribution in [0.3, 0.4) is 0 Å². The molecule has 1 heterocycles. The fourth-order valence-corrected chi connectivity index (χ4v) is 2.39. The Labute approximate surface area is 94.8 Å². The molecule has 1 fully saturated rings. The maximum atomic E-state index is 5.63. The van der Waals surface area contributed by atoms with Crippen molar-refractivity contribution >= 4 is 0 Å². The molecule has 0 bridgehead atoms. The van der Waals surface area contributed by atoms with E-state index in [0.29, 0.717) is 18.2 Å². The van der Waals surface area contributed by atoms with Crippen LogP contribution >= 0.6 is 0 Å². The summed E-state index contributed by atoms with van der Waals surface area (Å²) in [6.07, 6.45) is 8.12. The maximum absolute atomic E-state index is 5.63. The average Bonchev–Trinajstić information content (AvgIpc) is 2.67. The molecular formula is C13H27NO. The van der Waals surface area contributed by atoms with Crippen LogP contribution in [0.4, 0.5) is 0 Å². The molecule has 1 aliphatic heterocycles. The average molecular weight is 213 g/mol. The van der Waals surface area contributed by atoms with Crippen molar-refractivity contribution in [3.05, 3.63) is 0 Å². The molecule has 0 aromatic heterocycles. The Balaban J connectivity index is 2.04. The van der Waals surface area contributed by atoms with E-state index in [1.807, 2.05) is 0 Å². The van der Waals surface area contributed by atoms with Gasteiger partial charge in [-0.05, 0) is 46.0 Å². The van der Waals surface area contributed by atoms with Crippen molar-refractivity contribution in [2.24, 2.45) is 0 Å². The van der Waals surface area contributed by atoms with Crippen LogP contribution < -0.4 is 5.32 Å². The summed E-state index contributed by atoms with van der Waals surface area (Å²) in [7, 11) is 0. The lowest BCUT2D eigenvalue weighted by atomic mass is 10.1. The fraction of sp³-hybridized carbons (Fsp3) is 1.00. The second-order valence-corrected chi connectivity index (χ2v) is 4.97. The first kappa shape index (κ1) is 13.0. The molecule has 1 rings (SSSR count). The summed E-state index contributed by atoms with van der Waals surface area (Å²) in [5, 5.41) is 3.65. The van der Waals surface area contributed by atoms with E-state index >= 15 is 0 Å². The van der Waals surface area contributed by atoms with Gasteiger partial charge in [-0.2, -0.15) is 0 Å². The molecule has 0 aromatic rings. The Kier molecular flexibility index (Phi) is 6.26. The predicted molar refractivity (Wildman–Crippen MR) is 65.2 cm³/mol. The number of ether oxygens (including phenoxy) is 1. The van der Waals surface area contributed by atoms with Crippen LogP contribution in [-0.2, 0) is 4.74 Å². The molecule has 0 amide bonds. The molecule has 0 radical (unpaired) electrons. The quantitative estimate of drug-likeness (QED) is 0.701. The smallest absolute Gasteiger partial charge is 0.0576 e. The highest BCUT2D eigenvalue weighted by Crippen LogP contribution is 2.17. The van der Waals surface area contributed by atoms with Gasteiger partial charge in [-0.25, -0.2) is 0 Å². The number of rotatable bonds is 7. The first-order chi connectivity index (χ1) is 7.22. The van der Waals surface area contributed by atoms with Gasteiger partial charge in [0.1, 0.15) is 0 Å². The van der Waals surface area contributed by atoms with Gasteiger partial charge >= 0.3 is 0 Å². The van der Waals surface area contributed by atoms with Gasteiger partial charge in [0.2, 0.25) is 0 Å². The highest BCUT2D eigenvalue weighted by atomic mass is 16.5. The van der Waals surface area contributed by atoms with E-state index in [1.165, 1.54) is 38.5 Å². The molecule has 3 unspecified atom stereocenters. The first-order valence-electron chi connectivity index (χ1n) is 6.60. The SMILES string of the molecule is CCCC(C)NC(C)CCC1CCCO1. The van der Waals surface area contributed by atoms with Crippen molar-refractivity contribution in [3.63, 3.8) is 0 Å². The van der Waals surface area contributed by atoms with Crippen molar-refractivity contribution < 1.29 is 4.74 Å². The van der Waals surface area contributed by atoms with E-state index in [0.717, 1.165) is 6.61 Å². The standard InChI is InChI=1S/C13H27NO/c1-4-6-11(2)14-12(3)8-9-13-7-5-10-15-13/h11-14H,4-10H2,1-3H3. The molecule has 0 aliphatic carbocycles. The van der Waals surface area contributed by atoms with E-state index in [2.05, 4.69) is 26.1 Å². The van der Waals surface area contributed by atoms with Gasteiger partial charge in [-0.3, -0.25) is 0 Å². The lowest BCUT2D eigenvalue weighted by Gasteiger charge is -2.20. The maximum Gasteiger partial charge on any atom is 0.0576 e. The minimum Gasteiger partial charge on any atom is -0.378 e. The molecule has 2 nitrogen and oxygen atoms in total. The number of nitrogens with one attached hydrogen (secondary N) is 1. The van der Waals surface area contributed by atoms with E-state index in [-0.39, 0.29) is 0 Å². The molecule has 3 atom stereocenters. The number of hydrogen-bond acceptors (Lipinski definition) is 2. The summed E-state index contributed by atoms with van der Waals surface area (Å²) in [4.78, 5) is 0. The minimum absolute atomic E-state index is 0.552. The molecule has 1 N–H and O–H groups in total. The molecule has 2 heteroatoms. The predicted octanol–water partition coefficient (Wildman–Crippen LogP) is 3.11. The van der Waals surface area contributed by atoms with Crippen molar-refractivity contribution in [2.75, 3.05) is 6.61 Å². The van der Waals surface area contributed by atoms with Gasteiger partial charge in [0, 0.05) is 18.7 Å². The van der Waals surface area contributed by atoms with Gasteiger partial charge in [-0.1, -0.05) is 13.3 Å². The normalized spacial score (nSPS) is 25.4. The summed E-state index contributed by atoms with van der Waals surface area (Å²) >= 11 is 0. The van der Waals surface area contributed by atoms with Gasteiger partial charge in [-0.15, -0.1) is 0 Å². The fourth-order valence-electron chi connectivity index (χ4n) is 2.39. The zero-order valence-corrected chi connectivity index (χ0v) is 10.6. The van der Waals surface area contributed by atoms with E-state index in [1.54, 1.807) is 0 Å². The van der Waals surface area contributed by atoms with Crippen LogP contribution in [-0.4, -0.2) is 24.8 Å². The highest BCUT2D eigenvalue weighted by molar-refractivity contribution is 4.71. The minimum atomic E-state index is 0.552. The van der Waals surface area contributed by atoms with Gasteiger partial charge < -0.3 is 10.1 Å². The van der Waals surface area contributed by atoms with Crippen LogP contribution in [0.2, 0.25) is 0 Å². The van der Waals surface area contributed by atoms with Crippen LogP contribution in [0.15, 0.2) is 0 Å². The molecule has 15 heavy (non-hydrogen) atoms. The molecule has 0 spiro atoms. The van der Waals surface area contributed by atoms with Crippen LogP contribution in [0.5, 0.6) is 0 Å².